The summed E-state index contributed by atoms with van der Waals surface area (Å²) in [5.41, 5.74) is 6.86. The summed E-state index contributed by atoms with van der Waals surface area (Å²) in [7, 11) is 1.76. The molecular weight excluding hydrogens is 324 g/mol. The van der Waals surface area contributed by atoms with Crippen molar-refractivity contribution in [3.05, 3.63) is 54.1 Å². The second-order valence-electron chi connectivity index (χ2n) is 4.95. The van der Waals surface area contributed by atoms with Crippen LogP contribution >= 0.6 is 23.6 Å². The molecule has 0 aliphatic rings. The summed E-state index contributed by atoms with van der Waals surface area (Å²) < 4.78 is 1.20. The minimum Gasteiger partial charge on any atom is -0.364 e. The molecule has 0 amide bonds. The van der Waals surface area contributed by atoms with Crippen LogP contribution in [0.2, 0.25) is 0 Å². The normalized spacial score (nSPS) is 11.5. The molecule has 2 N–H and O–H groups in total. The van der Waals surface area contributed by atoms with Crippen molar-refractivity contribution in [3.8, 4) is 10.6 Å². The summed E-state index contributed by atoms with van der Waals surface area (Å²) in [4.78, 5) is 4.68. The zero-order chi connectivity index (χ0) is 16.2. The summed E-state index contributed by atoms with van der Waals surface area (Å²) in [6.07, 6.45) is 0. The number of nitrogens with zero attached hydrogens (tertiary/aromatic N) is 2. The molecule has 1 aromatic heterocycles. The van der Waals surface area contributed by atoms with Gasteiger partial charge in [0.1, 0.15) is 5.01 Å². The van der Waals surface area contributed by atoms with Gasteiger partial charge in [0.05, 0.1) is 15.9 Å². The van der Waals surface area contributed by atoms with Gasteiger partial charge in [-0.3, -0.25) is 5.43 Å². The van der Waals surface area contributed by atoms with Crippen LogP contribution in [0.3, 0.4) is 0 Å². The summed E-state index contributed by atoms with van der Waals surface area (Å²) in [5, 5.41) is 8.60. The number of hydrogen-bond acceptors (Lipinski definition) is 4. The van der Waals surface area contributed by atoms with Gasteiger partial charge in [0.25, 0.3) is 0 Å². The van der Waals surface area contributed by atoms with E-state index in [2.05, 4.69) is 39.0 Å². The first-order chi connectivity index (χ1) is 11.2. The second kappa shape index (κ2) is 6.85. The quantitative estimate of drug-likeness (QED) is 0.433. The molecule has 23 heavy (non-hydrogen) atoms. The van der Waals surface area contributed by atoms with Crippen LogP contribution in [0.5, 0.6) is 0 Å². The molecule has 0 saturated heterocycles. The minimum absolute atomic E-state index is 0.496. The lowest BCUT2D eigenvalue weighted by Gasteiger charge is -2.04. The maximum atomic E-state index is 5.00. The molecule has 4 nitrogen and oxygen atoms in total. The van der Waals surface area contributed by atoms with Gasteiger partial charge in [0.2, 0.25) is 0 Å². The molecule has 0 radical (unpaired) electrons. The zero-order valence-corrected chi connectivity index (χ0v) is 14.5. The van der Waals surface area contributed by atoms with Crippen molar-refractivity contribution in [1.82, 2.24) is 15.7 Å². The van der Waals surface area contributed by atoms with Gasteiger partial charge in [0, 0.05) is 12.6 Å². The number of rotatable bonds is 3. The van der Waals surface area contributed by atoms with Gasteiger partial charge in [-0.25, -0.2) is 4.98 Å². The molecule has 6 heteroatoms. The fourth-order valence-corrected chi connectivity index (χ4v) is 3.12. The van der Waals surface area contributed by atoms with Crippen LogP contribution < -0.4 is 10.7 Å². The van der Waals surface area contributed by atoms with Gasteiger partial charge >= 0.3 is 0 Å². The van der Waals surface area contributed by atoms with Crippen LogP contribution in [0.25, 0.3) is 20.8 Å². The van der Waals surface area contributed by atoms with Gasteiger partial charge in [-0.15, -0.1) is 11.3 Å². The fourth-order valence-electron chi connectivity index (χ4n) is 2.10. The lowest BCUT2D eigenvalue weighted by molar-refractivity contribution is 0.974. The Hall–Kier alpha value is -2.31. The zero-order valence-electron chi connectivity index (χ0n) is 12.8. The smallest absolute Gasteiger partial charge is 0.186 e. The van der Waals surface area contributed by atoms with Gasteiger partial charge in [-0.1, -0.05) is 36.4 Å². The molecule has 3 aromatic rings. The number of thiocarbonyl (C=S) groups is 1. The first kappa shape index (κ1) is 15.6. The number of hydrazone groups is 1. The highest BCUT2D eigenvalue weighted by Crippen LogP contribution is 2.29. The molecule has 0 aliphatic carbocycles. The average molecular weight is 340 g/mol. The molecule has 3 rings (SSSR count). The topological polar surface area (TPSA) is 49.3 Å². The van der Waals surface area contributed by atoms with E-state index in [4.69, 9.17) is 12.2 Å². The highest BCUT2D eigenvalue weighted by Gasteiger charge is 2.06. The Morgan fingerprint density at radius 3 is 2.57 bits per heavy atom. The first-order valence-corrected chi connectivity index (χ1v) is 8.38. The Kier molecular flexibility index (Phi) is 4.64. The van der Waals surface area contributed by atoms with Crippen LogP contribution in [0.1, 0.15) is 12.5 Å². The molecular formula is C17H16N4S2. The SMILES string of the molecule is CNC(=S)N/N=C(\C)c1ccc(-c2nc3ccccc3s2)cc1. The predicted octanol–water partition coefficient (Wildman–Crippen LogP) is 3.78. The molecule has 116 valence electrons. The number of benzene rings is 2. The number of nitrogens with one attached hydrogen (secondary N) is 2. The highest BCUT2D eigenvalue weighted by atomic mass is 32.1. The van der Waals surface area contributed by atoms with E-state index >= 15 is 0 Å². The van der Waals surface area contributed by atoms with Gasteiger partial charge in [-0.05, 0) is 36.8 Å². The van der Waals surface area contributed by atoms with E-state index in [1.807, 2.05) is 37.3 Å². The third-order valence-corrected chi connectivity index (χ3v) is 4.78. The molecule has 0 unspecified atom stereocenters. The van der Waals surface area contributed by atoms with Crippen molar-refractivity contribution in [2.45, 2.75) is 6.92 Å². The third-order valence-electron chi connectivity index (χ3n) is 3.40. The van der Waals surface area contributed by atoms with Crippen molar-refractivity contribution in [1.29, 1.82) is 0 Å². The maximum Gasteiger partial charge on any atom is 0.186 e. The molecule has 1 heterocycles. The maximum absolute atomic E-state index is 5.00. The van der Waals surface area contributed by atoms with E-state index in [9.17, 15) is 0 Å². The number of para-hydroxylation sites is 1. The van der Waals surface area contributed by atoms with Gasteiger partial charge in [0.15, 0.2) is 5.11 Å². The molecule has 0 spiro atoms. The first-order valence-electron chi connectivity index (χ1n) is 7.16. The number of aromatic nitrogens is 1. The summed E-state index contributed by atoms with van der Waals surface area (Å²) in [5.74, 6) is 0. The second-order valence-corrected chi connectivity index (χ2v) is 6.39. The Balaban J connectivity index is 1.82. The van der Waals surface area contributed by atoms with Crippen molar-refractivity contribution in [2.24, 2.45) is 5.10 Å². The third kappa shape index (κ3) is 3.55. The van der Waals surface area contributed by atoms with E-state index in [0.717, 1.165) is 27.4 Å². The molecule has 0 atom stereocenters. The molecule has 2 aromatic carbocycles. The van der Waals surface area contributed by atoms with Gasteiger partial charge < -0.3 is 5.32 Å². The Labute approximate surface area is 144 Å². The number of hydrogen-bond donors (Lipinski definition) is 2. The van der Waals surface area contributed by atoms with Crippen LogP contribution in [-0.2, 0) is 0 Å². The summed E-state index contributed by atoms with van der Waals surface area (Å²) in [6, 6.07) is 16.4. The van der Waals surface area contributed by atoms with E-state index in [0.29, 0.717) is 5.11 Å². The number of fused-ring (bicyclic) bond motifs is 1. The van der Waals surface area contributed by atoms with Crippen molar-refractivity contribution >= 4 is 44.6 Å². The summed E-state index contributed by atoms with van der Waals surface area (Å²) in [6.45, 7) is 1.94. The van der Waals surface area contributed by atoms with Crippen LogP contribution in [0, 0.1) is 0 Å². The molecule has 0 bridgehead atoms. The average Bonchev–Trinajstić information content (AvgIpc) is 3.03. The van der Waals surface area contributed by atoms with E-state index in [1.54, 1.807) is 18.4 Å². The molecule has 0 fully saturated rings. The Morgan fingerprint density at radius 2 is 1.87 bits per heavy atom. The predicted molar refractivity (Wildman–Crippen MR) is 102 cm³/mol. The Morgan fingerprint density at radius 1 is 1.13 bits per heavy atom. The standard InChI is InChI=1S/C17H16N4S2/c1-11(20-21-17(22)18-2)12-7-9-13(10-8-12)16-19-14-5-3-4-6-15(14)23-16/h3-10H,1-2H3,(H2,18,21,22)/b20-11+. The van der Waals surface area contributed by atoms with E-state index < -0.39 is 0 Å². The summed E-state index contributed by atoms with van der Waals surface area (Å²) >= 11 is 6.71. The largest absolute Gasteiger partial charge is 0.364 e. The Bertz CT molecular complexity index is 833. The molecule has 0 saturated carbocycles. The van der Waals surface area contributed by atoms with Crippen LogP contribution in [0.15, 0.2) is 53.6 Å². The van der Waals surface area contributed by atoms with Crippen molar-refractivity contribution in [3.63, 3.8) is 0 Å². The minimum atomic E-state index is 0.496. The monoisotopic (exact) mass is 340 g/mol. The lowest BCUT2D eigenvalue weighted by atomic mass is 10.1. The van der Waals surface area contributed by atoms with Crippen molar-refractivity contribution in [2.75, 3.05) is 7.05 Å². The van der Waals surface area contributed by atoms with Crippen molar-refractivity contribution < 1.29 is 0 Å². The van der Waals surface area contributed by atoms with E-state index in [-0.39, 0.29) is 0 Å². The van der Waals surface area contributed by atoms with Crippen LogP contribution in [0.4, 0.5) is 0 Å². The van der Waals surface area contributed by atoms with Crippen LogP contribution in [-0.4, -0.2) is 22.9 Å². The fraction of sp³-hybridized carbons (Fsp3) is 0.118. The highest BCUT2D eigenvalue weighted by molar-refractivity contribution is 7.80. The number of thiazole rings is 1. The molecule has 0 aliphatic heterocycles. The van der Waals surface area contributed by atoms with Gasteiger partial charge in [-0.2, -0.15) is 5.10 Å². The van der Waals surface area contributed by atoms with E-state index in [1.165, 1.54) is 4.70 Å². The lowest BCUT2D eigenvalue weighted by Crippen LogP contribution is -2.29.